The van der Waals surface area contributed by atoms with Crippen LogP contribution in [0.2, 0.25) is 0 Å². The van der Waals surface area contributed by atoms with Crippen LogP contribution in [0.25, 0.3) is 17.1 Å². The lowest BCUT2D eigenvalue weighted by molar-refractivity contribution is -0.112. The monoisotopic (exact) mass is 483 g/mol. The summed E-state index contributed by atoms with van der Waals surface area (Å²) in [5.74, 6) is 0.776. The van der Waals surface area contributed by atoms with E-state index < -0.39 is 5.91 Å². The van der Waals surface area contributed by atoms with Crippen LogP contribution in [0.15, 0.2) is 85.0 Å². The molecule has 8 nitrogen and oxygen atoms in total. The van der Waals surface area contributed by atoms with Gasteiger partial charge in [-0.3, -0.25) is 4.79 Å². The number of nitrogens with zero attached hydrogens (tertiary/aromatic N) is 3. The average Bonchev–Trinajstić information content (AvgIpc) is 3.35. The molecule has 4 aromatic rings. The van der Waals surface area contributed by atoms with Gasteiger partial charge < -0.3 is 20.5 Å². The first-order valence-electron chi connectivity index (χ1n) is 11.6. The maximum Gasteiger partial charge on any atom is 0.253 e. The van der Waals surface area contributed by atoms with Gasteiger partial charge in [0.05, 0.1) is 18.9 Å². The number of aryl methyl sites for hydroxylation is 1. The van der Waals surface area contributed by atoms with Gasteiger partial charge in [-0.2, -0.15) is 0 Å². The molecule has 4 rings (SSSR count). The molecular weight excluding hydrogens is 454 g/mol. The largest absolute Gasteiger partial charge is 0.497 e. The molecule has 3 N–H and O–H groups in total. The number of anilines is 2. The molecule has 184 valence electrons. The lowest BCUT2D eigenvalue weighted by Crippen LogP contribution is -2.12. The molecular formula is C28H29N5O3. The molecule has 8 heteroatoms. The fourth-order valence-electron chi connectivity index (χ4n) is 3.66. The van der Waals surface area contributed by atoms with E-state index in [-0.39, 0.29) is 11.8 Å². The van der Waals surface area contributed by atoms with Gasteiger partial charge in [0.1, 0.15) is 12.1 Å². The molecule has 3 aromatic carbocycles. The van der Waals surface area contributed by atoms with Crippen LogP contribution in [0.1, 0.15) is 30.9 Å². The highest BCUT2D eigenvalue weighted by Crippen LogP contribution is 2.29. The van der Waals surface area contributed by atoms with Crippen LogP contribution in [0.4, 0.5) is 11.4 Å². The molecule has 0 aliphatic heterocycles. The molecule has 0 bridgehead atoms. The molecule has 0 atom stereocenters. The van der Waals surface area contributed by atoms with Crippen molar-refractivity contribution in [2.75, 3.05) is 17.7 Å². The number of carbonyl (C=O) groups excluding carboxylic acids is 1. The van der Waals surface area contributed by atoms with Gasteiger partial charge in [-0.05, 0) is 73.0 Å². The van der Waals surface area contributed by atoms with Crippen molar-refractivity contribution in [1.29, 1.82) is 0 Å². The van der Waals surface area contributed by atoms with Gasteiger partial charge in [-0.1, -0.05) is 31.5 Å². The van der Waals surface area contributed by atoms with Gasteiger partial charge in [0.25, 0.3) is 5.91 Å². The molecule has 1 amide bonds. The van der Waals surface area contributed by atoms with Crippen molar-refractivity contribution in [3.8, 4) is 22.8 Å². The highest BCUT2D eigenvalue weighted by molar-refractivity contribution is 5.99. The normalized spacial score (nSPS) is 11.4. The summed E-state index contributed by atoms with van der Waals surface area (Å²) in [5, 5.41) is 20.5. The third-order valence-corrected chi connectivity index (χ3v) is 5.61. The Morgan fingerprint density at radius 2 is 1.75 bits per heavy atom. The van der Waals surface area contributed by atoms with Gasteiger partial charge >= 0.3 is 0 Å². The number of nitrogens with one attached hydrogen (secondary N) is 2. The second-order valence-corrected chi connectivity index (χ2v) is 8.68. The molecule has 0 radical (unpaired) electrons. The van der Waals surface area contributed by atoms with Crippen LogP contribution in [-0.2, 0) is 4.79 Å². The van der Waals surface area contributed by atoms with E-state index in [1.165, 1.54) is 5.56 Å². The van der Waals surface area contributed by atoms with Crippen LogP contribution in [-0.4, -0.2) is 32.9 Å². The third kappa shape index (κ3) is 5.90. The molecule has 0 unspecified atom stereocenters. The molecule has 36 heavy (non-hydrogen) atoms. The second kappa shape index (κ2) is 10.8. The van der Waals surface area contributed by atoms with Gasteiger partial charge in [0.15, 0.2) is 11.7 Å². The maximum atomic E-state index is 12.4. The number of benzene rings is 3. The minimum absolute atomic E-state index is 0.195. The van der Waals surface area contributed by atoms with Gasteiger partial charge in [0.2, 0.25) is 0 Å². The number of aromatic nitrogens is 3. The maximum absolute atomic E-state index is 12.4. The van der Waals surface area contributed by atoms with Crippen LogP contribution in [0.5, 0.6) is 5.75 Å². The standard InChI is InChI=1S/C28H29N5O3/c1-18(2)24-15-23(36-4)13-14-25(24)31-27(35)16-26(34)30-21-9-7-20(8-10-21)28-29-17-33(32-28)22-11-5-19(3)6-12-22/h5-18,31,35H,1-4H3,(H,30,34)/b27-16-. The minimum Gasteiger partial charge on any atom is -0.497 e. The van der Waals surface area contributed by atoms with Crippen molar-refractivity contribution in [3.63, 3.8) is 0 Å². The summed E-state index contributed by atoms with van der Waals surface area (Å²) in [6.45, 7) is 6.12. The van der Waals surface area contributed by atoms with Crippen LogP contribution in [0.3, 0.4) is 0 Å². The third-order valence-electron chi connectivity index (χ3n) is 5.61. The average molecular weight is 484 g/mol. The first kappa shape index (κ1) is 24.5. The number of amides is 1. The quantitative estimate of drug-likeness (QED) is 0.215. The second-order valence-electron chi connectivity index (χ2n) is 8.68. The molecule has 0 fully saturated rings. The zero-order chi connectivity index (χ0) is 25.7. The molecule has 0 saturated heterocycles. The minimum atomic E-state index is -0.464. The number of rotatable bonds is 8. The van der Waals surface area contributed by atoms with Crippen molar-refractivity contribution in [2.24, 2.45) is 0 Å². The summed E-state index contributed by atoms with van der Waals surface area (Å²) < 4.78 is 7.00. The molecule has 1 heterocycles. The summed E-state index contributed by atoms with van der Waals surface area (Å²) >= 11 is 0. The van der Waals surface area contributed by atoms with E-state index in [1.807, 2.05) is 69.3 Å². The lowest BCUT2D eigenvalue weighted by atomic mass is 10.0. The number of aliphatic hydroxyl groups is 1. The van der Waals surface area contributed by atoms with Crippen LogP contribution in [0, 0.1) is 6.92 Å². The summed E-state index contributed by atoms with van der Waals surface area (Å²) in [6, 6.07) is 20.7. The lowest BCUT2D eigenvalue weighted by Gasteiger charge is -2.15. The topological polar surface area (TPSA) is 101 Å². The number of aliphatic hydroxyl groups excluding tert-OH is 1. The highest BCUT2D eigenvalue weighted by Gasteiger charge is 2.11. The van der Waals surface area contributed by atoms with E-state index in [9.17, 15) is 9.90 Å². The zero-order valence-corrected chi connectivity index (χ0v) is 20.7. The van der Waals surface area contributed by atoms with Crippen molar-refractivity contribution in [3.05, 3.63) is 96.1 Å². The molecule has 0 aliphatic rings. The van der Waals surface area contributed by atoms with Crippen molar-refractivity contribution >= 4 is 17.3 Å². The fourth-order valence-corrected chi connectivity index (χ4v) is 3.66. The van der Waals surface area contributed by atoms with Crippen LogP contribution >= 0.6 is 0 Å². The number of hydrogen-bond acceptors (Lipinski definition) is 6. The Morgan fingerprint density at radius 3 is 2.42 bits per heavy atom. The van der Waals surface area contributed by atoms with E-state index in [4.69, 9.17) is 4.74 Å². The molecule has 0 spiro atoms. The Morgan fingerprint density at radius 1 is 1.03 bits per heavy atom. The van der Waals surface area contributed by atoms with Crippen molar-refractivity contribution in [1.82, 2.24) is 14.8 Å². The Kier molecular flexibility index (Phi) is 7.34. The van der Waals surface area contributed by atoms with Gasteiger partial charge in [0, 0.05) is 16.9 Å². The molecule has 1 aromatic heterocycles. The predicted octanol–water partition coefficient (Wildman–Crippen LogP) is 5.82. The number of ether oxygens (including phenoxy) is 1. The summed E-state index contributed by atoms with van der Waals surface area (Å²) in [4.78, 5) is 16.8. The molecule has 0 saturated carbocycles. The Hall–Kier alpha value is -4.59. The number of hydrogen-bond donors (Lipinski definition) is 3. The summed E-state index contributed by atoms with van der Waals surface area (Å²) in [6.07, 6.45) is 2.77. The predicted molar refractivity (Wildman–Crippen MR) is 142 cm³/mol. The zero-order valence-electron chi connectivity index (χ0n) is 20.7. The number of carbonyl (C=O) groups is 1. The first-order valence-corrected chi connectivity index (χ1v) is 11.6. The SMILES string of the molecule is COc1ccc(N/C(O)=C/C(=O)Nc2ccc(-c3ncn(-c4ccc(C)cc4)n3)cc2)c(C(C)C)c1. The van der Waals surface area contributed by atoms with E-state index in [1.54, 1.807) is 36.3 Å². The van der Waals surface area contributed by atoms with Crippen LogP contribution < -0.4 is 15.4 Å². The van der Waals surface area contributed by atoms with Crippen molar-refractivity contribution in [2.45, 2.75) is 26.7 Å². The Balaban J connectivity index is 1.40. The van der Waals surface area contributed by atoms with E-state index >= 15 is 0 Å². The first-order chi connectivity index (χ1) is 17.3. The highest BCUT2D eigenvalue weighted by atomic mass is 16.5. The summed E-state index contributed by atoms with van der Waals surface area (Å²) in [7, 11) is 1.61. The fraction of sp³-hybridized carbons (Fsp3) is 0.179. The van der Waals surface area contributed by atoms with E-state index in [2.05, 4.69) is 20.7 Å². The van der Waals surface area contributed by atoms with E-state index in [0.717, 1.165) is 28.6 Å². The Labute approximate surface area is 210 Å². The number of methoxy groups -OCH3 is 1. The van der Waals surface area contributed by atoms with Gasteiger partial charge in [-0.15, -0.1) is 5.10 Å². The Bertz CT molecular complexity index is 1370. The smallest absolute Gasteiger partial charge is 0.253 e. The summed E-state index contributed by atoms with van der Waals surface area (Å²) in [5.41, 5.74) is 5.17. The van der Waals surface area contributed by atoms with Crippen molar-refractivity contribution < 1.29 is 14.6 Å². The van der Waals surface area contributed by atoms with Gasteiger partial charge in [-0.25, -0.2) is 9.67 Å². The van der Waals surface area contributed by atoms with E-state index in [0.29, 0.717) is 17.2 Å². The molecule has 0 aliphatic carbocycles.